The first-order valence-corrected chi connectivity index (χ1v) is 6.74. The van der Waals surface area contributed by atoms with Gasteiger partial charge in [0.1, 0.15) is 18.0 Å². The Morgan fingerprint density at radius 1 is 1.48 bits per heavy atom. The third-order valence-corrected chi connectivity index (χ3v) is 3.61. The number of aromatic nitrogens is 3. The van der Waals surface area contributed by atoms with Crippen LogP contribution in [0.5, 0.6) is 0 Å². The van der Waals surface area contributed by atoms with Gasteiger partial charge in [0.05, 0.1) is 5.92 Å². The largest absolute Gasteiger partial charge is 0.334 e. The molecule has 0 bridgehead atoms. The van der Waals surface area contributed by atoms with Gasteiger partial charge >= 0.3 is 6.03 Å². The summed E-state index contributed by atoms with van der Waals surface area (Å²) in [5, 5.41) is 10.7. The Balaban J connectivity index is 1.49. The van der Waals surface area contributed by atoms with Crippen molar-refractivity contribution < 1.29 is 9.18 Å². The van der Waals surface area contributed by atoms with Crippen molar-refractivity contribution in [1.82, 2.24) is 25.0 Å². The fourth-order valence-electron chi connectivity index (χ4n) is 2.41. The molecule has 7 heteroatoms. The monoisotopic (exact) mass is 289 g/mol. The molecule has 1 aliphatic heterocycles. The van der Waals surface area contributed by atoms with E-state index in [1.54, 1.807) is 23.4 Å². The summed E-state index contributed by atoms with van der Waals surface area (Å²) in [5.74, 6) is 0.828. The summed E-state index contributed by atoms with van der Waals surface area (Å²) in [6.07, 6.45) is 1.65. The highest BCUT2D eigenvalue weighted by Gasteiger charge is 2.34. The zero-order valence-electron chi connectivity index (χ0n) is 11.7. The number of likely N-dealkylation sites (tertiary alicyclic amines) is 1. The van der Waals surface area contributed by atoms with Crippen LogP contribution in [0.15, 0.2) is 30.6 Å². The molecule has 3 rings (SSSR count). The third kappa shape index (κ3) is 2.86. The molecule has 0 unspecified atom stereocenters. The van der Waals surface area contributed by atoms with Crippen LogP contribution < -0.4 is 5.32 Å². The van der Waals surface area contributed by atoms with Crippen molar-refractivity contribution >= 4 is 6.03 Å². The normalized spacial score (nSPS) is 14.9. The number of carbonyl (C=O) groups is 1. The number of rotatable bonds is 3. The maximum absolute atomic E-state index is 13.0. The van der Waals surface area contributed by atoms with Crippen molar-refractivity contribution in [2.45, 2.75) is 12.5 Å². The lowest BCUT2D eigenvalue weighted by molar-refractivity contribution is 0.147. The van der Waals surface area contributed by atoms with E-state index >= 15 is 0 Å². The molecule has 2 aromatic rings. The number of carbonyl (C=O) groups excluding carboxylic acids is 1. The molecule has 0 atom stereocenters. The van der Waals surface area contributed by atoms with E-state index in [0.29, 0.717) is 19.6 Å². The molecule has 6 nitrogen and oxygen atoms in total. The van der Waals surface area contributed by atoms with Gasteiger partial charge in [0.15, 0.2) is 0 Å². The Bertz CT molecular complexity index is 650. The first-order valence-electron chi connectivity index (χ1n) is 6.74. The van der Waals surface area contributed by atoms with E-state index in [1.165, 1.54) is 12.1 Å². The summed E-state index contributed by atoms with van der Waals surface area (Å²) < 4.78 is 14.9. The van der Waals surface area contributed by atoms with Gasteiger partial charge in [-0.25, -0.2) is 9.18 Å². The van der Waals surface area contributed by atoms with Gasteiger partial charge in [-0.05, 0) is 17.7 Å². The van der Waals surface area contributed by atoms with Crippen molar-refractivity contribution in [3.8, 4) is 0 Å². The number of urea groups is 1. The highest BCUT2D eigenvalue weighted by molar-refractivity contribution is 5.75. The summed E-state index contributed by atoms with van der Waals surface area (Å²) in [6, 6.07) is 6.06. The fourth-order valence-corrected chi connectivity index (χ4v) is 2.41. The Morgan fingerprint density at radius 2 is 2.29 bits per heavy atom. The third-order valence-electron chi connectivity index (χ3n) is 3.61. The Labute approximate surface area is 121 Å². The number of nitrogens with zero attached hydrogens (tertiary/aromatic N) is 4. The molecule has 0 radical (unpaired) electrons. The van der Waals surface area contributed by atoms with Crippen LogP contribution in [0.2, 0.25) is 0 Å². The van der Waals surface area contributed by atoms with E-state index in [9.17, 15) is 9.18 Å². The molecule has 1 aromatic heterocycles. The lowest BCUT2D eigenvalue weighted by Crippen LogP contribution is -2.52. The zero-order valence-corrected chi connectivity index (χ0v) is 11.7. The number of benzene rings is 1. The number of halogens is 1. The minimum atomic E-state index is -0.298. The standard InChI is InChI=1S/C14H16FN5O/c1-19-9-17-18-13(19)11-7-20(8-11)14(21)16-6-10-3-2-4-12(15)5-10/h2-5,9,11H,6-8H2,1H3,(H,16,21). The predicted molar refractivity (Wildman–Crippen MR) is 74.0 cm³/mol. The van der Waals surface area contributed by atoms with Crippen LogP contribution in [-0.4, -0.2) is 38.8 Å². The molecule has 2 amide bonds. The Morgan fingerprint density at radius 3 is 2.95 bits per heavy atom. The summed E-state index contributed by atoms with van der Waals surface area (Å²) >= 11 is 0. The second-order valence-corrected chi connectivity index (χ2v) is 5.19. The number of amides is 2. The summed E-state index contributed by atoms with van der Waals surface area (Å²) in [7, 11) is 1.89. The molecular weight excluding hydrogens is 273 g/mol. The summed E-state index contributed by atoms with van der Waals surface area (Å²) in [6.45, 7) is 1.57. The smallest absolute Gasteiger partial charge is 0.317 e. The molecule has 2 heterocycles. The van der Waals surface area contributed by atoms with Crippen LogP contribution in [0.1, 0.15) is 17.3 Å². The van der Waals surface area contributed by atoms with Gasteiger partial charge in [0, 0.05) is 26.7 Å². The van der Waals surface area contributed by atoms with Crippen LogP contribution in [0.3, 0.4) is 0 Å². The average Bonchev–Trinajstić information content (AvgIpc) is 2.81. The Hall–Kier alpha value is -2.44. The van der Waals surface area contributed by atoms with Crippen LogP contribution in [0.25, 0.3) is 0 Å². The molecule has 21 heavy (non-hydrogen) atoms. The zero-order chi connectivity index (χ0) is 14.8. The first-order chi connectivity index (χ1) is 10.1. The molecule has 1 aliphatic rings. The average molecular weight is 289 g/mol. The van der Waals surface area contributed by atoms with Gasteiger partial charge in [-0.15, -0.1) is 10.2 Å². The van der Waals surface area contributed by atoms with Crippen LogP contribution in [-0.2, 0) is 13.6 Å². The van der Waals surface area contributed by atoms with E-state index in [0.717, 1.165) is 11.4 Å². The molecule has 0 spiro atoms. The van der Waals surface area contributed by atoms with Gasteiger partial charge in [-0.3, -0.25) is 0 Å². The van der Waals surface area contributed by atoms with Gasteiger partial charge < -0.3 is 14.8 Å². The molecular formula is C14H16FN5O. The number of nitrogens with one attached hydrogen (secondary N) is 1. The van der Waals surface area contributed by atoms with E-state index < -0.39 is 0 Å². The van der Waals surface area contributed by atoms with Crippen molar-refractivity contribution in [1.29, 1.82) is 0 Å². The Kier molecular flexibility index (Phi) is 3.55. The van der Waals surface area contributed by atoms with Crippen LogP contribution in [0, 0.1) is 5.82 Å². The van der Waals surface area contributed by atoms with Crippen molar-refractivity contribution in [2.75, 3.05) is 13.1 Å². The molecule has 110 valence electrons. The summed E-state index contributed by atoms with van der Waals surface area (Å²) in [4.78, 5) is 13.7. The SMILES string of the molecule is Cn1cnnc1C1CN(C(=O)NCc2cccc(F)c2)C1. The molecule has 1 N–H and O–H groups in total. The molecule has 1 saturated heterocycles. The van der Waals surface area contributed by atoms with Crippen LogP contribution in [0.4, 0.5) is 9.18 Å². The summed E-state index contributed by atoms with van der Waals surface area (Å²) in [5.41, 5.74) is 0.744. The number of hydrogen-bond donors (Lipinski definition) is 1. The maximum atomic E-state index is 13.0. The molecule has 1 fully saturated rings. The molecule has 0 saturated carbocycles. The predicted octanol–water partition coefficient (Wildman–Crippen LogP) is 1.26. The topological polar surface area (TPSA) is 63.1 Å². The van der Waals surface area contributed by atoms with Crippen molar-refractivity contribution in [2.24, 2.45) is 7.05 Å². The highest BCUT2D eigenvalue weighted by atomic mass is 19.1. The van der Waals surface area contributed by atoms with E-state index in [1.807, 2.05) is 11.6 Å². The lowest BCUT2D eigenvalue weighted by Gasteiger charge is -2.38. The van der Waals surface area contributed by atoms with Gasteiger partial charge in [-0.1, -0.05) is 12.1 Å². The van der Waals surface area contributed by atoms with Crippen molar-refractivity contribution in [3.63, 3.8) is 0 Å². The molecule has 1 aromatic carbocycles. The van der Waals surface area contributed by atoms with E-state index in [2.05, 4.69) is 15.5 Å². The maximum Gasteiger partial charge on any atom is 0.317 e. The second kappa shape index (κ2) is 5.51. The second-order valence-electron chi connectivity index (χ2n) is 5.19. The molecule has 0 aliphatic carbocycles. The highest BCUT2D eigenvalue weighted by Crippen LogP contribution is 2.24. The van der Waals surface area contributed by atoms with Gasteiger partial charge in [-0.2, -0.15) is 0 Å². The minimum Gasteiger partial charge on any atom is -0.334 e. The minimum absolute atomic E-state index is 0.141. The fraction of sp³-hybridized carbons (Fsp3) is 0.357. The van der Waals surface area contributed by atoms with Crippen molar-refractivity contribution in [3.05, 3.63) is 47.8 Å². The van der Waals surface area contributed by atoms with E-state index in [-0.39, 0.29) is 17.8 Å². The van der Waals surface area contributed by atoms with Gasteiger partial charge in [0.25, 0.3) is 0 Å². The van der Waals surface area contributed by atoms with E-state index in [4.69, 9.17) is 0 Å². The number of aryl methyl sites for hydroxylation is 1. The first kappa shape index (κ1) is 13.5. The van der Waals surface area contributed by atoms with Gasteiger partial charge in [0.2, 0.25) is 0 Å². The number of hydrogen-bond acceptors (Lipinski definition) is 3. The quantitative estimate of drug-likeness (QED) is 0.925. The lowest BCUT2D eigenvalue weighted by atomic mass is 10.00. The van der Waals surface area contributed by atoms with Crippen LogP contribution >= 0.6 is 0 Å².